The fourth-order valence-corrected chi connectivity index (χ4v) is 3.91. The van der Waals surface area contributed by atoms with E-state index >= 15 is 0 Å². The van der Waals surface area contributed by atoms with Gasteiger partial charge in [-0.1, -0.05) is 12.1 Å². The summed E-state index contributed by atoms with van der Waals surface area (Å²) in [4.78, 5) is 42.1. The fourth-order valence-electron chi connectivity index (χ4n) is 3.91. The van der Waals surface area contributed by atoms with Gasteiger partial charge in [0.15, 0.2) is 0 Å². The minimum Gasteiger partial charge on any atom is -0.366 e. The molecule has 2 heterocycles. The molecule has 0 saturated carbocycles. The molecular weight excluding hydrogens is 444 g/mol. The van der Waals surface area contributed by atoms with Gasteiger partial charge in [-0.3, -0.25) is 18.8 Å². The molecule has 9 heteroatoms. The summed E-state index contributed by atoms with van der Waals surface area (Å²) in [7, 11) is 1.96. The second-order valence-electron chi connectivity index (χ2n) is 8.30. The summed E-state index contributed by atoms with van der Waals surface area (Å²) < 4.78 is 1.89. The number of carbonyl (C=O) groups is 3. The van der Waals surface area contributed by atoms with E-state index in [0.29, 0.717) is 23.4 Å². The molecule has 178 valence electrons. The van der Waals surface area contributed by atoms with Crippen LogP contribution in [0.25, 0.3) is 5.65 Å². The van der Waals surface area contributed by atoms with Crippen molar-refractivity contribution in [1.29, 1.82) is 0 Å². The summed E-state index contributed by atoms with van der Waals surface area (Å²) in [5, 5.41) is 5.60. The fraction of sp³-hybridized carbons (Fsp3) is 0.154. The Bertz CT molecular complexity index is 1410. The zero-order valence-electron chi connectivity index (χ0n) is 19.7. The first-order chi connectivity index (χ1) is 16.7. The normalized spacial score (nSPS) is 10.7. The first-order valence-corrected chi connectivity index (χ1v) is 11.0. The third-order valence-corrected chi connectivity index (χ3v) is 5.51. The zero-order chi connectivity index (χ0) is 25.1. The van der Waals surface area contributed by atoms with Crippen LogP contribution < -0.4 is 21.3 Å². The molecule has 0 spiro atoms. The molecule has 0 saturated heterocycles. The standard InChI is InChI=1S/C26H26N6O3/c1-16-26(31(3)14-18-4-9-21(10-5-18)29-17(2)33)32-15-20(8-13-23(32)28-16)25(35)30-22-11-6-19(7-12-22)24(27)34/h4-13,15H,14H2,1-3H3,(H2,27,34)(H,29,33)(H,30,35). The van der Waals surface area contributed by atoms with Crippen LogP contribution >= 0.6 is 0 Å². The minimum absolute atomic E-state index is 0.112. The minimum atomic E-state index is -0.524. The van der Waals surface area contributed by atoms with Crippen LogP contribution in [0.15, 0.2) is 66.9 Å². The van der Waals surface area contributed by atoms with Crippen molar-refractivity contribution in [2.45, 2.75) is 20.4 Å². The Kier molecular flexibility index (Phi) is 6.50. The van der Waals surface area contributed by atoms with Gasteiger partial charge < -0.3 is 21.3 Å². The maximum Gasteiger partial charge on any atom is 0.257 e. The number of carbonyl (C=O) groups excluding carboxylic acids is 3. The van der Waals surface area contributed by atoms with E-state index in [9.17, 15) is 14.4 Å². The highest BCUT2D eigenvalue weighted by atomic mass is 16.2. The highest BCUT2D eigenvalue weighted by molar-refractivity contribution is 6.04. The van der Waals surface area contributed by atoms with Crippen LogP contribution in [0.2, 0.25) is 0 Å². The summed E-state index contributed by atoms with van der Waals surface area (Å²) in [6.07, 6.45) is 1.76. The quantitative estimate of drug-likeness (QED) is 0.381. The third-order valence-electron chi connectivity index (χ3n) is 5.51. The van der Waals surface area contributed by atoms with Crippen LogP contribution in [0, 0.1) is 6.92 Å². The van der Waals surface area contributed by atoms with Crippen LogP contribution in [0.3, 0.4) is 0 Å². The number of benzene rings is 2. The summed E-state index contributed by atoms with van der Waals surface area (Å²) in [6, 6.07) is 17.6. The Morgan fingerprint density at radius 2 is 1.51 bits per heavy atom. The van der Waals surface area contributed by atoms with Crippen LogP contribution in [0.5, 0.6) is 0 Å². The molecule has 4 aromatic rings. The van der Waals surface area contributed by atoms with Crippen LogP contribution in [0.4, 0.5) is 17.2 Å². The molecule has 0 aliphatic rings. The number of amides is 3. The molecule has 0 bridgehead atoms. The lowest BCUT2D eigenvalue weighted by molar-refractivity contribution is -0.114. The molecule has 4 rings (SSSR count). The van der Waals surface area contributed by atoms with Crippen LogP contribution in [-0.2, 0) is 11.3 Å². The molecule has 0 radical (unpaired) electrons. The third kappa shape index (κ3) is 5.30. The predicted octanol–water partition coefficient (Wildman–Crippen LogP) is 3.59. The van der Waals surface area contributed by atoms with Crippen molar-refractivity contribution in [3.63, 3.8) is 0 Å². The van der Waals surface area contributed by atoms with Crippen molar-refractivity contribution < 1.29 is 14.4 Å². The van der Waals surface area contributed by atoms with Crippen molar-refractivity contribution >= 4 is 40.6 Å². The summed E-state index contributed by atoms with van der Waals surface area (Å²) >= 11 is 0. The Hall–Kier alpha value is -4.66. The number of pyridine rings is 1. The Morgan fingerprint density at radius 3 is 2.14 bits per heavy atom. The van der Waals surface area contributed by atoms with Gasteiger partial charge in [0.1, 0.15) is 11.5 Å². The summed E-state index contributed by atoms with van der Waals surface area (Å²) in [6.45, 7) is 4.01. The van der Waals surface area contributed by atoms with Crippen LogP contribution in [-0.4, -0.2) is 34.2 Å². The highest BCUT2D eigenvalue weighted by Gasteiger charge is 2.16. The Balaban J connectivity index is 1.55. The Morgan fingerprint density at radius 1 is 0.914 bits per heavy atom. The molecule has 3 amide bonds. The molecule has 0 fully saturated rings. The van der Waals surface area contributed by atoms with E-state index in [1.807, 2.05) is 42.6 Å². The van der Waals surface area contributed by atoms with Gasteiger partial charge in [0, 0.05) is 43.7 Å². The molecule has 2 aromatic heterocycles. The van der Waals surface area contributed by atoms with Gasteiger partial charge >= 0.3 is 0 Å². The number of aromatic nitrogens is 2. The second kappa shape index (κ2) is 9.68. The summed E-state index contributed by atoms with van der Waals surface area (Å²) in [5.41, 5.74) is 10.0. The van der Waals surface area contributed by atoms with Crippen LogP contribution in [0.1, 0.15) is 38.9 Å². The monoisotopic (exact) mass is 470 g/mol. The van der Waals surface area contributed by atoms with Gasteiger partial charge in [-0.25, -0.2) is 4.98 Å². The number of nitrogens with two attached hydrogens (primary N) is 1. The van der Waals surface area contributed by atoms with E-state index in [4.69, 9.17) is 5.73 Å². The zero-order valence-corrected chi connectivity index (χ0v) is 19.7. The van der Waals surface area contributed by atoms with Gasteiger partial charge in [-0.2, -0.15) is 0 Å². The average Bonchev–Trinajstić information content (AvgIpc) is 3.15. The van der Waals surface area contributed by atoms with E-state index in [1.165, 1.54) is 6.92 Å². The maximum atomic E-state index is 12.9. The number of nitrogens with one attached hydrogen (secondary N) is 2. The molecular formula is C26H26N6O3. The molecule has 0 aliphatic carbocycles. The van der Waals surface area contributed by atoms with E-state index in [-0.39, 0.29) is 11.8 Å². The average molecular weight is 471 g/mol. The largest absolute Gasteiger partial charge is 0.366 e. The molecule has 9 nitrogen and oxygen atoms in total. The second-order valence-corrected chi connectivity index (χ2v) is 8.30. The van der Waals surface area contributed by atoms with Crippen molar-refractivity contribution in [2.24, 2.45) is 5.73 Å². The number of primary amides is 1. The molecule has 0 aliphatic heterocycles. The molecule has 0 unspecified atom stereocenters. The Labute approximate surface area is 202 Å². The number of rotatable bonds is 7. The number of nitrogens with zero attached hydrogens (tertiary/aromatic N) is 3. The SMILES string of the molecule is CC(=O)Nc1ccc(CN(C)c2c(C)nc3ccc(C(=O)Nc4ccc(C(N)=O)cc4)cn23)cc1. The van der Waals surface area contributed by atoms with Crippen molar-refractivity contribution in [3.8, 4) is 0 Å². The number of hydrogen-bond acceptors (Lipinski definition) is 5. The number of anilines is 3. The molecule has 4 N–H and O–H groups in total. The van der Waals surface area contributed by atoms with E-state index in [0.717, 1.165) is 28.4 Å². The number of hydrogen-bond donors (Lipinski definition) is 3. The number of aryl methyl sites for hydroxylation is 1. The molecule has 0 atom stereocenters. The first-order valence-electron chi connectivity index (χ1n) is 11.0. The first kappa shape index (κ1) is 23.5. The molecule has 2 aromatic carbocycles. The predicted molar refractivity (Wildman–Crippen MR) is 136 cm³/mol. The van der Waals surface area contributed by atoms with E-state index in [1.54, 1.807) is 42.6 Å². The van der Waals surface area contributed by atoms with Gasteiger partial charge in [0.05, 0.1) is 11.3 Å². The smallest absolute Gasteiger partial charge is 0.257 e. The number of fused-ring (bicyclic) bond motifs is 1. The van der Waals surface area contributed by atoms with Gasteiger partial charge in [0.2, 0.25) is 11.8 Å². The lowest BCUT2D eigenvalue weighted by Gasteiger charge is -2.20. The van der Waals surface area contributed by atoms with Crippen molar-refractivity contribution in [1.82, 2.24) is 9.38 Å². The van der Waals surface area contributed by atoms with Gasteiger partial charge in [-0.05, 0) is 61.0 Å². The van der Waals surface area contributed by atoms with E-state index < -0.39 is 5.91 Å². The van der Waals surface area contributed by atoms with Crippen molar-refractivity contribution in [2.75, 3.05) is 22.6 Å². The van der Waals surface area contributed by atoms with Gasteiger partial charge in [0.25, 0.3) is 5.91 Å². The van der Waals surface area contributed by atoms with Crippen molar-refractivity contribution in [3.05, 3.63) is 89.2 Å². The number of imidazole rings is 1. The lowest BCUT2D eigenvalue weighted by Crippen LogP contribution is -2.19. The maximum absolute atomic E-state index is 12.9. The molecule has 35 heavy (non-hydrogen) atoms. The summed E-state index contributed by atoms with van der Waals surface area (Å²) in [5.74, 6) is -0.0542. The highest BCUT2D eigenvalue weighted by Crippen LogP contribution is 2.24. The topological polar surface area (TPSA) is 122 Å². The van der Waals surface area contributed by atoms with E-state index in [2.05, 4.69) is 20.5 Å². The van der Waals surface area contributed by atoms with Gasteiger partial charge in [-0.15, -0.1) is 0 Å². The lowest BCUT2D eigenvalue weighted by atomic mass is 10.2.